The Morgan fingerprint density at radius 1 is 1.07 bits per heavy atom. The monoisotopic (exact) mass is 423 g/mol. The zero-order chi connectivity index (χ0) is 20.0. The quantitative estimate of drug-likeness (QED) is 0.416. The highest BCUT2D eigenvalue weighted by atomic mass is 35.5. The van der Waals surface area contributed by atoms with Crippen LogP contribution in [0.2, 0.25) is 10.0 Å². The molecule has 0 radical (unpaired) electrons. The largest absolute Gasteiger partial charge is 0.335 e. The molecule has 0 spiro atoms. The molecule has 1 aliphatic carbocycles. The Kier molecular flexibility index (Phi) is 4.49. The third kappa shape index (κ3) is 3.48. The number of pyridine rings is 1. The van der Waals surface area contributed by atoms with Gasteiger partial charge < -0.3 is 9.84 Å². The summed E-state index contributed by atoms with van der Waals surface area (Å²) in [5.74, 6) is 0.0549. The zero-order valence-corrected chi connectivity index (χ0v) is 16.7. The standard InChI is InChI=1S/C22H15Cl2N3O2/c23-14-8-9-17(16(24)10-14)25-21(28)15-11-18(12-6-7-12)26-22-19(15)20(27-29-22)13-4-2-1-3-5-13/h1-5,8-12H,6-7H2,(H,25,28). The fourth-order valence-electron chi connectivity index (χ4n) is 3.31. The van der Waals surface area contributed by atoms with Crippen molar-refractivity contribution in [2.24, 2.45) is 0 Å². The normalized spacial score (nSPS) is 13.6. The van der Waals surface area contributed by atoms with Gasteiger partial charge in [0.15, 0.2) is 0 Å². The van der Waals surface area contributed by atoms with Crippen molar-refractivity contribution in [3.8, 4) is 11.3 Å². The second-order valence-corrected chi connectivity index (χ2v) is 7.87. The number of amides is 1. The summed E-state index contributed by atoms with van der Waals surface area (Å²) in [6.07, 6.45) is 2.12. The minimum atomic E-state index is -0.302. The number of nitrogens with zero attached hydrogens (tertiary/aromatic N) is 2. The van der Waals surface area contributed by atoms with Gasteiger partial charge in [0.05, 0.1) is 21.7 Å². The molecule has 5 nitrogen and oxygen atoms in total. The van der Waals surface area contributed by atoms with Crippen molar-refractivity contribution in [3.63, 3.8) is 0 Å². The summed E-state index contributed by atoms with van der Waals surface area (Å²) < 4.78 is 5.52. The first-order valence-corrected chi connectivity index (χ1v) is 9.98. The summed E-state index contributed by atoms with van der Waals surface area (Å²) in [5.41, 5.74) is 3.59. The van der Waals surface area contributed by atoms with Crippen LogP contribution >= 0.6 is 23.2 Å². The molecule has 2 aromatic carbocycles. The van der Waals surface area contributed by atoms with Gasteiger partial charge in [0.25, 0.3) is 11.6 Å². The second kappa shape index (κ2) is 7.17. The molecule has 2 heterocycles. The second-order valence-electron chi connectivity index (χ2n) is 7.02. The summed E-state index contributed by atoms with van der Waals surface area (Å²) in [7, 11) is 0. The molecule has 0 unspecified atom stereocenters. The van der Waals surface area contributed by atoms with Crippen molar-refractivity contribution < 1.29 is 9.32 Å². The van der Waals surface area contributed by atoms with Crippen LogP contribution in [0, 0.1) is 0 Å². The predicted molar refractivity (Wildman–Crippen MR) is 114 cm³/mol. The van der Waals surface area contributed by atoms with Crippen LogP contribution in [0.15, 0.2) is 59.1 Å². The van der Waals surface area contributed by atoms with E-state index in [4.69, 9.17) is 27.7 Å². The van der Waals surface area contributed by atoms with Gasteiger partial charge in [-0.1, -0.05) is 58.7 Å². The molecule has 2 aromatic heterocycles. The lowest BCUT2D eigenvalue weighted by Crippen LogP contribution is -2.13. The van der Waals surface area contributed by atoms with Gasteiger partial charge in [-0.05, 0) is 37.1 Å². The van der Waals surface area contributed by atoms with Gasteiger partial charge in [0, 0.05) is 22.2 Å². The molecule has 1 aliphatic rings. The molecule has 144 valence electrons. The van der Waals surface area contributed by atoms with Gasteiger partial charge in [-0.15, -0.1) is 0 Å². The molecule has 0 aliphatic heterocycles. The van der Waals surface area contributed by atoms with Gasteiger partial charge in [-0.25, -0.2) is 4.98 Å². The average molecular weight is 424 g/mol. The fraction of sp³-hybridized carbons (Fsp3) is 0.136. The van der Waals surface area contributed by atoms with Gasteiger partial charge in [0.1, 0.15) is 5.69 Å². The van der Waals surface area contributed by atoms with E-state index in [1.807, 2.05) is 36.4 Å². The molecule has 7 heteroatoms. The summed E-state index contributed by atoms with van der Waals surface area (Å²) in [5, 5.41) is 8.53. The minimum Gasteiger partial charge on any atom is -0.335 e. The van der Waals surface area contributed by atoms with E-state index in [2.05, 4.69) is 15.5 Å². The van der Waals surface area contributed by atoms with E-state index in [9.17, 15) is 4.79 Å². The first-order chi connectivity index (χ1) is 14.1. The number of carbonyl (C=O) groups excluding carboxylic acids is 1. The first-order valence-electron chi connectivity index (χ1n) is 9.22. The lowest BCUT2D eigenvalue weighted by molar-refractivity contribution is 0.102. The van der Waals surface area contributed by atoms with Crippen LogP contribution in [-0.2, 0) is 0 Å². The summed E-state index contributed by atoms with van der Waals surface area (Å²) >= 11 is 12.2. The third-order valence-corrected chi connectivity index (χ3v) is 5.48. The van der Waals surface area contributed by atoms with Crippen molar-refractivity contribution in [2.45, 2.75) is 18.8 Å². The van der Waals surface area contributed by atoms with E-state index in [1.165, 1.54) is 0 Å². The SMILES string of the molecule is O=C(Nc1ccc(Cl)cc1Cl)c1cc(C2CC2)nc2onc(-c3ccccc3)c12. The maximum atomic E-state index is 13.2. The Morgan fingerprint density at radius 2 is 1.86 bits per heavy atom. The molecule has 5 rings (SSSR count). The number of rotatable bonds is 4. The molecule has 4 aromatic rings. The van der Waals surface area contributed by atoms with Crippen LogP contribution < -0.4 is 5.32 Å². The van der Waals surface area contributed by atoms with Crippen LogP contribution in [-0.4, -0.2) is 16.0 Å². The van der Waals surface area contributed by atoms with Crippen LogP contribution in [0.5, 0.6) is 0 Å². The number of aromatic nitrogens is 2. The van der Waals surface area contributed by atoms with Crippen molar-refractivity contribution in [2.75, 3.05) is 5.32 Å². The van der Waals surface area contributed by atoms with E-state index in [0.717, 1.165) is 24.1 Å². The molecule has 1 N–H and O–H groups in total. The van der Waals surface area contributed by atoms with E-state index in [0.29, 0.717) is 44.0 Å². The summed E-state index contributed by atoms with van der Waals surface area (Å²) in [6.45, 7) is 0. The zero-order valence-electron chi connectivity index (χ0n) is 15.2. The molecule has 0 atom stereocenters. The Morgan fingerprint density at radius 3 is 2.59 bits per heavy atom. The number of hydrogen-bond acceptors (Lipinski definition) is 4. The van der Waals surface area contributed by atoms with Crippen LogP contribution in [0.25, 0.3) is 22.4 Å². The average Bonchev–Trinajstić information content (AvgIpc) is 3.49. The van der Waals surface area contributed by atoms with Crippen LogP contribution in [0.3, 0.4) is 0 Å². The van der Waals surface area contributed by atoms with E-state index < -0.39 is 0 Å². The maximum Gasteiger partial charge on any atom is 0.259 e. The van der Waals surface area contributed by atoms with Crippen LogP contribution in [0.1, 0.15) is 34.8 Å². The van der Waals surface area contributed by atoms with E-state index in [1.54, 1.807) is 18.2 Å². The number of nitrogens with one attached hydrogen (secondary N) is 1. The molecule has 1 amide bonds. The Bertz CT molecular complexity index is 1230. The molecule has 29 heavy (non-hydrogen) atoms. The summed E-state index contributed by atoms with van der Waals surface area (Å²) in [6, 6.07) is 16.4. The lowest BCUT2D eigenvalue weighted by Gasteiger charge is -2.10. The minimum absolute atomic E-state index is 0.302. The number of benzene rings is 2. The first kappa shape index (κ1) is 18.2. The number of anilines is 1. The molecule has 1 saturated carbocycles. The highest BCUT2D eigenvalue weighted by Gasteiger charge is 2.29. The fourth-order valence-corrected chi connectivity index (χ4v) is 3.77. The topological polar surface area (TPSA) is 68.0 Å². The van der Waals surface area contributed by atoms with E-state index >= 15 is 0 Å². The predicted octanol–water partition coefficient (Wildman–Crippen LogP) is 6.33. The van der Waals surface area contributed by atoms with Gasteiger partial charge in [0.2, 0.25) is 0 Å². The molecular weight excluding hydrogens is 409 g/mol. The Labute approximate surface area is 176 Å². The lowest BCUT2D eigenvalue weighted by atomic mass is 10.0. The number of carbonyl (C=O) groups is 1. The molecular formula is C22H15Cl2N3O2. The number of hydrogen-bond donors (Lipinski definition) is 1. The molecule has 1 fully saturated rings. The maximum absolute atomic E-state index is 13.2. The summed E-state index contributed by atoms with van der Waals surface area (Å²) in [4.78, 5) is 17.9. The molecule has 0 bridgehead atoms. The highest BCUT2D eigenvalue weighted by Crippen LogP contribution is 2.41. The number of halogens is 2. The highest BCUT2D eigenvalue weighted by molar-refractivity contribution is 6.37. The number of fused-ring (bicyclic) bond motifs is 1. The van der Waals surface area contributed by atoms with Gasteiger partial charge in [-0.3, -0.25) is 4.79 Å². The third-order valence-electron chi connectivity index (χ3n) is 4.93. The van der Waals surface area contributed by atoms with Gasteiger partial charge in [-0.2, -0.15) is 0 Å². The molecule has 0 saturated heterocycles. The van der Waals surface area contributed by atoms with Crippen molar-refractivity contribution in [1.29, 1.82) is 0 Å². The van der Waals surface area contributed by atoms with Crippen molar-refractivity contribution >= 4 is 45.9 Å². The Hall–Kier alpha value is -2.89. The van der Waals surface area contributed by atoms with E-state index in [-0.39, 0.29) is 5.91 Å². The Balaban J connectivity index is 1.64. The van der Waals surface area contributed by atoms with Crippen molar-refractivity contribution in [3.05, 3.63) is 75.9 Å². The smallest absolute Gasteiger partial charge is 0.259 e. The van der Waals surface area contributed by atoms with Crippen molar-refractivity contribution in [1.82, 2.24) is 10.1 Å². The van der Waals surface area contributed by atoms with Gasteiger partial charge >= 0.3 is 0 Å². The van der Waals surface area contributed by atoms with Crippen LogP contribution in [0.4, 0.5) is 5.69 Å².